The molecule has 0 unspecified atom stereocenters. The second-order valence-electron chi connectivity index (χ2n) is 5.93. The first kappa shape index (κ1) is 20.5. The Morgan fingerprint density at radius 1 is 1.00 bits per heavy atom. The largest absolute Gasteiger partial charge is 0.477 e. The third-order valence-electron chi connectivity index (χ3n) is 3.82. The van der Waals surface area contributed by atoms with Gasteiger partial charge in [0, 0.05) is 5.56 Å². The van der Waals surface area contributed by atoms with Crippen LogP contribution in [0.3, 0.4) is 0 Å². The number of hydrogen-bond donors (Lipinski definition) is 2. The van der Waals surface area contributed by atoms with Gasteiger partial charge in [0.25, 0.3) is 5.91 Å². The number of nitrogens with one attached hydrogen (secondary N) is 1. The van der Waals surface area contributed by atoms with Crippen molar-refractivity contribution in [2.75, 3.05) is 0 Å². The number of rotatable bonds is 6. The lowest BCUT2D eigenvalue weighted by Crippen LogP contribution is -2.27. The number of hydrogen-bond acceptors (Lipinski definition) is 3. The number of ether oxygens (including phenoxy) is 1. The van der Waals surface area contributed by atoms with Gasteiger partial charge in [-0.3, -0.25) is 4.79 Å². The molecule has 146 valence electrons. The van der Waals surface area contributed by atoms with E-state index in [2.05, 4.69) is 27.9 Å². The Morgan fingerprint density at radius 3 is 2.38 bits per heavy atom. The molecule has 0 aliphatic heterocycles. The van der Waals surface area contributed by atoms with Gasteiger partial charge in [-0.15, -0.1) is 0 Å². The number of para-hydroxylation sites is 1. The van der Waals surface area contributed by atoms with Gasteiger partial charge in [-0.2, -0.15) is 0 Å². The Bertz CT molecular complexity index is 1080. The summed E-state index contributed by atoms with van der Waals surface area (Å²) in [5.41, 5.74) is 0.251. The van der Waals surface area contributed by atoms with Crippen molar-refractivity contribution in [3.63, 3.8) is 0 Å². The van der Waals surface area contributed by atoms with Gasteiger partial charge in [-0.25, -0.2) is 9.18 Å². The van der Waals surface area contributed by atoms with E-state index in [4.69, 9.17) is 4.74 Å². The Kier molecular flexibility index (Phi) is 6.61. The zero-order valence-electron chi connectivity index (χ0n) is 14.9. The molecular formula is C22H15FINO4. The number of carbonyl (C=O) groups excluding carboxylic acids is 1. The number of benzene rings is 3. The van der Waals surface area contributed by atoms with Crippen LogP contribution in [0.5, 0.6) is 11.5 Å². The van der Waals surface area contributed by atoms with Crippen LogP contribution in [0.1, 0.15) is 15.9 Å². The van der Waals surface area contributed by atoms with Crippen molar-refractivity contribution in [2.45, 2.75) is 0 Å². The smallest absolute Gasteiger partial charge is 0.352 e. The predicted molar refractivity (Wildman–Crippen MR) is 115 cm³/mol. The van der Waals surface area contributed by atoms with E-state index in [9.17, 15) is 19.1 Å². The topological polar surface area (TPSA) is 75.6 Å². The maximum Gasteiger partial charge on any atom is 0.352 e. The number of carboxylic acid groups (broad SMARTS) is 1. The molecule has 1 amide bonds. The summed E-state index contributed by atoms with van der Waals surface area (Å²) >= 11 is 2.17. The molecule has 5 nitrogen and oxygen atoms in total. The highest BCUT2D eigenvalue weighted by Crippen LogP contribution is 2.26. The van der Waals surface area contributed by atoms with Crippen LogP contribution in [-0.4, -0.2) is 17.0 Å². The molecule has 0 fully saturated rings. The van der Waals surface area contributed by atoms with Gasteiger partial charge < -0.3 is 15.2 Å². The summed E-state index contributed by atoms with van der Waals surface area (Å²) in [7, 11) is 0. The van der Waals surface area contributed by atoms with Crippen molar-refractivity contribution in [3.8, 4) is 11.5 Å². The molecule has 0 saturated carbocycles. The zero-order valence-corrected chi connectivity index (χ0v) is 17.1. The summed E-state index contributed by atoms with van der Waals surface area (Å²) < 4.78 is 20.0. The highest BCUT2D eigenvalue weighted by molar-refractivity contribution is 14.1. The van der Waals surface area contributed by atoms with Gasteiger partial charge in [0.05, 0.1) is 3.57 Å². The van der Waals surface area contributed by atoms with Gasteiger partial charge in [0.1, 0.15) is 23.0 Å². The first-order chi connectivity index (χ1) is 13.9. The third-order valence-corrected chi connectivity index (χ3v) is 4.71. The standard InChI is InChI=1S/C22H15FINO4/c23-16-5-3-4-15(13-16)21(26)25-19(22(27)28)12-14-8-10-17(11-9-14)29-20-7-2-1-6-18(20)24/h1-13H,(H,25,26)(H,27,28)/b19-12-. The van der Waals surface area contributed by atoms with Crippen molar-refractivity contribution >= 4 is 40.5 Å². The van der Waals surface area contributed by atoms with E-state index < -0.39 is 17.7 Å². The van der Waals surface area contributed by atoms with E-state index in [0.29, 0.717) is 17.1 Å². The lowest BCUT2D eigenvalue weighted by molar-refractivity contribution is -0.132. The van der Waals surface area contributed by atoms with Gasteiger partial charge in [-0.05, 0) is 76.7 Å². The molecule has 7 heteroatoms. The molecule has 0 spiro atoms. The summed E-state index contributed by atoms with van der Waals surface area (Å²) in [5.74, 6) is -1.30. The fraction of sp³-hybridized carbons (Fsp3) is 0. The molecule has 0 aromatic heterocycles. The summed E-state index contributed by atoms with van der Waals surface area (Å²) in [5, 5.41) is 11.7. The first-order valence-electron chi connectivity index (χ1n) is 8.47. The maximum atomic E-state index is 13.3. The minimum Gasteiger partial charge on any atom is -0.477 e. The van der Waals surface area contributed by atoms with Crippen molar-refractivity contribution in [1.29, 1.82) is 0 Å². The molecule has 3 aromatic rings. The van der Waals surface area contributed by atoms with Crippen LogP contribution in [0.15, 0.2) is 78.5 Å². The number of carbonyl (C=O) groups is 2. The monoisotopic (exact) mass is 503 g/mol. The third kappa shape index (κ3) is 5.64. The molecular weight excluding hydrogens is 488 g/mol. The molecule has 2 N–H and O–H groups in total. The van der Waals surface area contributed by atoms with E-state index in [1.165, 1.54) is 24.3 Å². The normalized spacial score (nSPS) is 11.0. The van der Waals surface area contributed by atoms with E-state index >= 15 is 0 Å². The molecule has 3 rings (SSSR count). The van der Waals surface area contributed by atoms with Gasteiger partial charge in [-0.1, -0.05) is 30.3 Å². The van der Waals surface area contributed by atoms with E-state index in [1.54, 1.807) is 24.3 Å². The second-order valence-corrected chi connectivity index (χ2v) is 7.09. The molecule has 0 saturated heterocycles. The van der Waals surface area contributed by atoms with Crippen LogP contribution in [0.4, 0.5) is 4.39 Å². The van der Waals surface area contributed by atoms with Crippen molar-refractivity contribution in [1.82, 2.24) is 5.32 Å². The summed E-state index contributed by atoms with van der Waals surface area (Å²) in [6.07, 6.45) is 1.32. The highest BCUT2D eigenvalue weighted by atomic mass is 127. The molecule has 0 bridgehead atoms. The molecule has 0 radical (unpaired) electrons. The molecule has 0 atom stereocenters. The van der Waals surface area contributed by atoms with Crippen molar-refractivity contribution < 1.29 is 23.8 Å². The van der Waals surface area contributed by atoms with Crippen molar-refractivity contribution in [2.24, 2.45) is 0 Å². The average molecular weight is 503 g/mol. The summed E-state index contributed by atoms with van der Waals surface area (Å²) in [4.78, 5) is 23.7. The number of aliphatic carboxylic acids is 1. The van der Waals surface area contributed by atoms with Gasteiger partial charge in [0.15, 0.2) is 0 Å². The average Bonchev–Trinajstić information content (AvgIpc) is 2.70. The van der Waals surface area contributed by atoms with Crippen LogP contribution in [0.25, 0.3) is 6.08 Å². The quantitative estimate of drug-likeness (QED) is 0.364. The minimum absolute atomic E-state index is 0.0263. The Labute approximate surface area is 180 Å². The maximum absolute atomic E-state index is 13.3. The fourth-order valence-electron chi connectivity index (χ4n) is 2.43. The molecule has 0 heterocycles. The van der Waals surface area contributed by atoms with Crippen LogP contribution in [-0.2, 0) is 4.79 Å². The molecule has 29 heavy (non-hydrogen) atoms. The van der Waals surface area contributed by atoms with E-state index in [0.717, 1.165) is 9.64 Å². The molecule has 0 aliphatic rings. The number of amides is 1. The van der Waals surface area contributed by atoms with E-state index in [-0.39, 0.29) is 11.3 Å². The van der Waals surface area contributed by atoms with Crippen molar-refractivity contribution in [3.05, 3.63) is 99.0 Å². The van der Waals surface area contributed by atoms with Crippen LogP contribution >= 0.6 is 22.6 Å². The lowest BCUT2D eigenvalue weighted by Gasteiger charge is -2.09. The molecule has 3 aromatic carbocycles. The van der Waals surface area contributed by atoms with Crippen LogP contribution < -0.4 is 10.1 Å². The minimum atomic E-state index is -1.31. The number of halogens is 2. The van der Waals surface area contributed by atoms with Gasteiger partial charge >= 0.3 is 5.97 Å². The predicted octanol–water partition coefficient (Wildman–Crippen LogP) is 5.08. The fourth-order valence-corrected chi connectivity index (χ4v) is 2.93. The Morgan fingerprint density at radius 2 is 1.72 bits per heavy atom. The Balaban J connectivity index is 1.76. The second kappa shape index (κ2) is 9.33. The van der Waals surface area contributed by atoms with E-state index in [1.807, 2.05) is 24.3 Å². The number of carboxylic acids is 1. The SMILES string of the molecule is O=C(O)/C(=C/c1ccc(Oc2ccccc2I)cc1)NC(=O)c1cccc(F)c1. The van der Waals surface area contributed by atoms with Crippen LogP contribution in [0, 0.1) is 9.39 Å². The van der Waals surface area contributed by atoms with Crippen LogP contribution in [0.2, 0.25) is 0 Å². The summed E-state index contributed by atoms with van der Waals surface area (Å²) in [6.45, 7) is 0. The highest BCUT2D eigenvalue weighted by Gasteiger charge is 2.14. The first-order valence-corrected chi connectivity index (χ1v) is 9.54. The zero-order chi connectivity index (χ0) is 20.8. The summed E-state index contributed by atoms with van der Waals surface area (Å²) in [6, 6.07) is 19.3. The Hall–Kier alpha value is -3.20. The van der Waals surface area contributed by atoms with Gasteiger partial charge in [0.2, 0.25) is 0 Å². The molecule has 0 aliphatic carbocycles. The lowest BCUT2D eigenvalue weighted by atomic mass is 10.1.